The Hall–Kier alpha value is -2.23. The zero-order chi connectivity index (χ0) is 16.2. The maximum Gasteiger partial charge on any atom is 0.416 e. The van der Waals surface area contributed by atoms with Crippen LogP contribution in [-0.4, -0.2) is 18.1 Å². The number of nitrogens with one attached hydrogen (secondary N) is 1. The van der Waals surface area contributed by atoms with E-state index in [2.05, 4.69) is 11.4 Å². The van der Waals surface area contributed by atoms with E-state index in [0.29, 0.717) is 12.8 Å². The molecule has 7 heteroatoms. The molecule has 1 N–H and O–H groups in total. The maximum absolute atomic E-state index is 12.6. The van der Waals surface area contributed by atoms with Crippen molar-refractivity contribution in [1.82, 2.24) is 5.32 Å². The first-order chi connectivity index (χ1) is 10.3. The highest BCUT2D eigenvalue weighted by Crippen LogP contribution is 2.31. The van der Waals surface area contributed by atoms with Crippen molar-refractivity contribution in [2.24, 2.45) is 0 Å². The van der Waals surface area contributed by atoms with E-state index in [-0.39, 0.29) is 5.75 Å². The van der Waals surface area contributed by atoms with Gasteiger partial charge in [0.05, 0.1) is 11.6 Å². The van der Waals surface area contributed by atoms with Gasteiger partial charge in [0.1, 0.15) is 11.3 Å². The molecule has 4 nitrogen and oxygen atoms in total. The summed E-state index contributed by atoms with van der Waals surface area (Å²) in [7, 11) is 0. The lowest BCUT2D eigenvalue weighted by molar-refractivity contribution is -0.137. The third kappa shape index (κ3) is 3.91. The van der Waals surface area contributed by atoms with Gasteiger partial charge >= 0.3 is 6.18 Å². The Morgan fingerprint density at radius 2 is 2.05 bits per heavy atom. The molecule has 0 unspecified atom stereocenters. The van der Waals surface area contributed by atoms with Crippen LogP contribution in [0, 0.1) is 11.3 Å². The first-order valence-corrected chi connectivity index (χ1v) is 6.87. The number of carbonyl (C=O) groups is 1. The zero-order valence-electron chi connectivity index (χ0n) is 11.7. The van der Waals surface area contributed by atoms with E-state index < -0.39 is 29.8 Å². The Morgan fingerprint density at radius 1 is 1.36 bits per heavy atom. The predicted molar refractivity (Wildman–Crippen MR) is 71.9 cm³/mol. The van der Waals surface area contributed by atoms with Gasteiger partial charge in [0, 0.05) is 0 Å². The molecule has 0 atom stereocenters. The lowest BCUT2D eigenvalue weighted by atomic mass is 10.00. The van der Waals surface area contributed by atoms with E-state index in [1.807, 2.05) is 0 Å². The Morgan fingerprint density at radius 3 is 2.64 bits per heavy atom. The number of rotatable bonds is 4. The number of nitriles is 1. The molecular formula is C15H15F3N2O2. The minimum atomic E-state index is -4.46. The topological polar surface area (TPSA) is 62.1 Å². The molecule has 0 saturated heterocycles. The third-order valence-corrected chi connectivity index (χ3v) is 3.58. The summed E-state index contributed by atoms with van der Waals surface area (Å²) in [5.41, 5.74) is -1.71. The maximum atomic E-state index is 12.6. The van der Waals surface area contributed by atoms with Crippen molar-refractivity contribution in [3.63, 3.8) is 0 Å². The molecule has 22 heavy (non-hydrogen) atoms. The molecule has 1 aromatic carbocycles. The lowest BCUT2D eigenvalue weighted by Crippen LogP contribution is -2.47. The average molecular weight is 312 g/mol. The van der Waals surface area contributed by atoms with Crippen molar-refractivity contribution >= 4 is 5.91 Å². The number of amides is 1. The fraction of sp³-hybridized carbons (Fsp3) is 0.467. The van der Waals surface area contributed by atoms with Crippen molar-refractivity contribution in [1.29, 1.82) is 5.26 Å². The van der Waals surface area contributed by atoms with E-state index in [4.69, 9.17) is 10.00 Å². The zero-order valence-corrected chi connectivity index (χ0v) is 11.7. The highest BCUT2D eigenvalue weighted by molar-refractivity contribution is 5.79. The van der Waals surface area contributed by atoms with Crippen LogP contribution >= 0.6 is 0 Å². The molecule has 0 aromatic heterocycles. The standard InChI is InChI=1S/C15H15F3N2O2/c16-15(17,18)11-4-3-5-12(8-11)22-9-13(21)20-14(10-19)6-1-2-7-14/h3-5,8H,1-2,6-7,9H2,(H,20,21). The molecule has 1 aliphatic carbocycles. The van der Waals surface area contributed by atoms with Crippen molar-refractivity contribution in [2.45, 2.75) is 37.4 Å². The van der Waals surface area contributed by atoms with Crippen LogP contribution in [0.4, 0.5) is 13.2 Å². The summed E-state index contributed by atoms with van der Waals surface area (Å²) in [5, 5.41) is 11.8. The van der Waals surface area contributed by atoms with Crippen molar-refractivity contribution < 1.29 is 22.7 Å². The summed E-state index contributed by atoms with van der Waals surface area (Å²) >= 11 is 0. The number of halogens is 3. The van der Waals surface area contributed by atoms with Crippen LogP contribution in [0.1, 0.15) is 31.2 Å². The van der Waals surface area contributed by atoms with Gasteiger partial charge in [-0.3, -0.25) is 4.79 Å². The highest BCUT2D eigenvalue weighted by atomic mass is 19.4. The van der Waals surface area contributed by atoms with Crippen LogP contribution in [0.3, 0.4) is 0 Å². The van der Waals surface area contributed by atoms with Crippen LogP contribution in [0.15, 0.2) is 24.3 Å². The monoisotopic (exact) mass is 312 g/mol. The smallest absolute Gasteiger partial charge is 0.416 e. The van der Waals surface area contributed by atoms with Crippen molar-refractivity contribution in [3.05, 3.63) is 29.8 Å². The molecule has 1 aliphatic rings. The largest absolute Gasteiger partial charge is 0.484 e. The van der Waals surface area contributed by atoms with Gasteiger partial charge < -0.3 is 10.1 Å². The molecule has 0 aliphatic heterocycles. The van der Waals surface area contributed by atoms with Gasteiger partial charge in [-0.15, -0.1) is 0 Å². The molecular weight excluding hydrogens is 297 g/mol. The Balaban J connectivity index is 1.93. The minimum Gasteiger partial charge on any atom is -0.484 e. The fourth-order valence-corrected chi connectivity index (χ4v) is 2.46. The van der Waals surface area contributed by atoms with E-state index in [1.165, 1.54) is 12.1 Å². The number of ether oxygens (including phenoxy) is 1. The first-order valence-electron chi connectivity index (χ1n) is 6.87. The second kappa shape index (κ2) is 6.26. The van der Waals surface area contributed by atoms with Gasteiger partial charge in [-0.05, 0) is 43.9 Å². The van der Waals surface area contributed by atoms with Crippen LogP contribution in [-0.2, 0) is 11.0 Å². The molecule has 1 fully saturated rings. The number of benzene rings is 1. The molecule has 1 amide bonds. The second-order valence-electron chi connectivity index (χ2n) is 5.26. The molecule has 1 saturated carbocycles. The Labute approximate surface area is 125 Å². The van der Waals surface area contributed by atoms with E-state index in [0.717, 1.165) is 25.0 Å². The van der Waals surface area contributed by atoms with E-state index in [9.17, 15) is 18.0 Å². The third-order valence-electron chi connectivity index (χ3n) is 3.58. The molecule has 0 bridgehead atoms. The summed E-state index contributed by atoms with van der Waals surface area (Å²) in [4.78, 5) is 11.8. The molecule has 1 aromatic rings. The number of hydrogen-bond acceptors (Lipinski definition) is 3. The summed E-state index contributed by atoms with van der Waals surface area (Å²) in [6.07, 6.45) is -1.57. The fourth-order valence-electron chi connectivity index (χ4n) is 2.46. The van der Waals surface area contributed by atoms with Crippen molar-refractivity contribution in [2.75, 3.05) is 6.61 Å². The van der Waals surface area contributed by atoms with Crippen LogP contribution in [0.25, 0.3) is 0 Å². The van der Waals surface area contributed by atoms with Gasteiger partial charge in [0.25, 0.3) is 5.91 Å². The predicted octanol–water partition coefficient (Wildman–Crippen LogP) is 3.04. The van der Waals surface area contributed by atoms with Crippen molar-refractivity contribution in [3.8, 4) is 11.8 Å². The number of nitrogens with zero attached hydrogens (tertiary/aromatic N) is 1. The first kappa shape index (κ1) is 16.1. The quantitative estimate of drug-likeness (QED) is 0.929. The molecule has 0 spiro atoms. The minimum absolute atomic E-state index is 0.0394. The van der Waals surface area contributed by atoms with E-state index in [1.54, 1.807) is 0 Å². The van der Waals surface area contributed by atoms with Crippen LogP contribution in [0.5, 0.6) is 5.75 Å². The van der Waals surface area contributed by atoms with Gasteiger partial charge in [0.15, 0.2) is 6.61 Å². The van der Waals surface area contributed by atoms with Gasteiger partial charge in [-0.2, -0.15) is 18.4 Å². The lowest BCUT2D eigenvalue weighted by Gasteiger charge is -2.22. The van der Waals surface area contributed by atoms with E-state index >= 15 is 0 Å². The summed E-state index contributed by atoms with van der Waals surface area (Å²) in [6, 6.07) is 6.42. The number of carbonyl (C=O) groups excluding carboxylic acids is 1. The Kier molecular flexibility index (Phi) is 4.59. The molecule has 0 heterocycles. The summed E-state index contributed by atoms with van der Waals surface area (Å²) in [6.45, 7) is -0.426. The highest BCUT2D eigenvalue weighted by Gasteiger charge is 2.35. The van der Waals surface area contributed by atoms with Crippen LogP contribution in [0.2, 0.25) is 0 Å². The normalized spacial score (nSPS) is 16.8. The van der Waals surface area contributed by atoms with Gasteiger partial charge in [-0.25, -0.2) is 0 Å². The second-order valence-corrected chi connectivity index (χ2v) is 5.26. The van der Waals surface area contributed by atoms with Crippen LogP contribution < -0.4 is 10.1 Å². The number of alkyl halides is 3. The van der Waals surface area contributed by atoms with Gasteiger partial charge in [-0.1, -0.05) is 6.07 Å². The SMILES string of the molecule is N#CC1(NC(=O)COc2cccc(C(F)(F)F)c2)CCCC1. The molecule has 2 rings (SSSR count). The summed E-state index contributed by atoms with van der Waals surface area (Å²) < 4.78 is 42.8. The average Bonchev–Trinajstić information content (AvgIpc) is 2.94. The Bertz CT molecular complexity index is 587. The van der Waals surface area contributed by atoms with Gasteiger partial charge in [0.2, 0.25) is 0 Å². The summed E-state index contributed by atoms with van der Waals surface area (Å²) in [5.74, 6) is -0.553. The molecule has 118 valence electrons. The molecule has 0 radical (unpaired) electrons. The number of hydrogen-bond donors (Lipinski definition) is 1.